The summed E-state index contributed by atoms with van der Waals surface area (Å²) in [7, 11) is 1.74. The number of likely N-dealkylation sites (N-methyl/N-ethyl adjacent to an activating group) is 1. The van der Waals surface area contributed by atoms with Gasteiger partial charge in [0.25, 0.3) is 0 Å². The van der Waals surface area contributed by atoms with E-state index in [9.17, 15) is 9.59 Å². The van der Waals surface area contributed by atoms with Crippen LogP contribution in [0.25, 0.3) is 0 Å². The van der Waals surface area contributed by atoms with E-state index in [1.807, 2.05) is 0 Å². The summed E-state index contributed by atoms with van der Waals surface area (Å²) in [6.07, 6.45) is 0.345. The van der Waals surface area contributed by atoms with Crippen LogP contribution in [0.15, 0.2) is 0 Å². The molecule has 0 heterocycles. The molecule has 12 heavy (non-hydrogen) atoms. The fourth-order valence-corrected chi connectivity index (χ4v) is 0.783. The zero-order valence-corrected chi connectivity index (χ0v) is 8.18. The van der Waals surface area contributed by atoms with Crippen LogP contribution in [-0.4, -0.2) is 24.7 Å². The van der Waals surface area contributed by atoms with Crippen molar-refractivity contribution in [1.82, 2.24) is 5.32 Å². The van der Waals surface area contributed by atoms with Crippen LogP contribution in [0.5, 0.6) is 0 Å². The molecular formula is C9H17NO2. The predicted octanol–water partition coefficient (Wildman–Crippen LogP) is 0.779. The predicted molar refractivity (Wildman–Crippen MR) is 48.0 cm³/mol. The van der Waals surface area contributed by atoms with Gasteiger partial charge in [-0.2, -0.15) is 0 Å². The lowest BCUT2D eigenvalue weighted by atomic mass is 9.98. The Kier molecular flexibility index (Phi) is 4.74. The van der Waals surface area contributed by atoms with Crippen LogP contribution in [-0.2, 0) is 9.59 Å². The lowest BCUT2D eigenvalue weighted by molar-refractivity contribution is -0.127. The van der Waals surface area contributed by atoms with Crippen LogP contribution in [0.4, 0.5) is 0 Å². The van der Waals surface area contributed by atoms with E-state index in [4.69, 9.17) is 0 Å². The number of Topliss-reactive ketones (excluding diaryl/α,β-unsaturated/α-hetero) is 2. The fourth-order valence-electron chi connectivity index (χ4n) is 0.783. The third-order valence-corrected chi connectivity index (χ3v) is 2.12. The van der Waals surface area contributed by atoms with Gasteiger partial charge in [0.2, 0.25) is 0 Å². The van der Waals surface area contributed by atoms with Crippen molar-refractivity contribution in [2.75, 3.05) is 7.05 Å². The Hall–Kier alpha value is -0.700. The highest BCUT2D eigenvalue weighted by atomic mass is 16.1. The molecule has 0 radical (unpaired) electrons. The molecule has 3 nitrogen and oxygen atoms in total. The Bertz CT molecular complexity index is 177. The SMILES string of the molecule is CN[C@H](C)C(=O)C[C@@H](C)C(C)=O. The van der Waals surface area contributed by atoms with E-state index < -0.39 is 0 Å². The Balaban J connectivity index is 3.92. The van der Waals surface area contributed by atoms with Crippen LogP contribution < -0.4 is 5.32 Å². The second kappa shape index (κ2) is 5.04. The monoisotopic (exact) mass is 171 g/mol. The molecule has 70 valence electrons. The molecule has 0 fully saturated rings. The van der Waals surface area contributed by atoms with Gasteiger partial charge in [0.05, 0.1) is 6.04 Å². The second-order valence-electron chi connectivity index (χ2n) is 3.19. The number of carbonyl (C=O) groups is 2. The van der Waals surface area contributed by atoms with Crippen molar-refractivity contribution >= 4 is 11.6 Å². The summed E-state index contributed by atoms with van der Waals surface area (Å²) in [5.74, 6) is 0.0279. The van der Waals surface area contributed by atoms with Gasteiger partial charge in [0.1, 0.15) is 11.6 Å². The summed E-state index contributed by atoms with van der Waals surface area (Å²) in [5.41, 5.74) is 0. The number of ketones is 2. The quantitative estimate of drug-likeness (QED) is 0.665. The maximum Gasteiger partial charge on any atom is 0.150 e. The Morgan fingerprint density at radius 2 is 1.83 bits per heavy atom. The molecular weight excluding hydrogens is 154 g/mol. The topological polar surface area (TPSA) is 46.2 Å². The van der Waals surface area contributed by atoms with Crippen molar-refractivity contribution in [3.8, 4) is 0 Å². The lowest BCUT2D eigenvalue weighted by Crippen LogP contribution is -2.32. The minimum Gasteiger partial charge on any atom is -0.311 e. The van der Waals surface area contributed by atoms with Gasteiger partial charge in [-0.05, 0) is 20.9 Å². The van der Waals surface area contributed by atoms with Crippen molar-refractivity contribution in [3.05, 3.63) is 0 Å². The Morgan fingerprint density at radius 1 is 1.33 bits per heavy atom. The van der Waals surface area contributed by atoms with Crippen molar-refractivity contribution in [3.63, 3.8) is 0 Å². The third kappa shape index (κ3) is 3.62. The molecule has 0 unspecified atom stereocenters. The number of nitrogens with one attached hydrogen (secondary N) is 1. The van der Waals surface area contributed by atoms with Crippen molar-refractivity contribution < 1.29 is 9.59 Å². The van der Waals surface area contributed by atoms with Crippen molar-refractivity contribution in [2.45, 2.75) is 33.2 Å². The molecule has 0 bridgehead atoms. The second-order valence-corrected chi connectivity index (χ2v) is 3.19. The molecule has 2 atom stereocenters. The molecule has 0 aliphatic carbocycles. The van der Waals surface area contributed by atoms with Gasteiger partial charge in [-0.15, -0.1) is 0 Å². The average molecular weight is 171 g/mol. The van der Waals surface area contributed by atoms with E-state index in [0.29, 0.717) is 6.42 Å². The summed E-state index contributed by atoms with van der Waals surface area (Å²) in [4.78, 5) is 22.1. The Morgan fingerprint density at radius 3 is 2.17 bits per heavy atom. The molecule has 1 N–H and O–H groups in total. The summed E-state index contributed by atoms with van der Waals surface area (Å²) in [5, 5.41) is 2.85. The maximum atomic E-state index is 11.3. The van der Waals surface area contributed by atoms with Gasteiger partial charge in [-0.1, -0.05) is 6.92 Å². The van der Waals surface area contributed by atoms with Crippen LogP contribution in [0, 0.1) is 5.92 Å². The van der Waals surface area contributed by atoms with Gasteiger partial charge >= 0.3 is 0 Å². The van der Waals surface area contributed by atoms with E-state index in [0.717, 1.165) is 0 Å². The minimum atomic E-state index is -0.146. The number of carbonyl (C=O) groups excluding carboxylic acids is 2. The third-order valence-electron chi connectivity index (χ3n) is 2.12. The molecule has 0 amide bonds. The van der Waals surface area contributed by atoms with Crippen LogP contribution in [0.3, 0.4) is 0 Å². The first-order valence-corrected chi connectivity index (χ1v) is 4.19. The number of hydrogen-bond acceptors (Lipinski definition) is 3. The van der Waals surface area contributed by atoms with Gasteiger partial charge < -0.3 is 5.32 Å². The van der Waals surface area contributed by atoms with Crippen LogP contribution in [0.2, 0.25) is 0 Å². The van der Waals surface area contributed by atoms with Crippen LogP contribution >= 0.6 is 0 Å². The molecule has 0 aromatic carbocycles. The summed E-state index contributed by atoms with van der Waals surface area (Å²) < 4.78 is 0. The van der Waals surface area contributed by atoms with Gasteiger partial charge in [0.15, 0.2) is 0 Å². The van der Waals surface area contributed by atoms with E-state index in [2.05, 4.69) is 5.32 Å². The smallest absolute Gasteiger partial charge is 0.150 e. The summed E-state index contributed by atoms with van der Waals surface area (Å²) in [6.45, 7) is 5.10. The van der Waals surface area contributed by atoms with E-state index in [-0.39, 0.29) is 23.5 Å². The molecule has 0 aromatic heterocycles. The van der Waals surface area contributed by atoms with Gasteiger partial charge in [0, 0.05) is 12.3 Å². The standard InChI is InChI=1S/C9H17NO2/c1-6(8(3)11)5-9(12)7(2)10-4/h6-7,10H,5H2,1-4H3/t6-,7-/m1/s1. The average Bonchev–Trinajstić information content (AvgIpc) is 2.02. The molecule has 0 spiro atoms. The van der Waals surface area contributed by atoms with E-state index in [1.165, 1.54) is 6.92 Å². The normalized spacial score (nSPS) is 15.3. The van der Waals surface area contributed by atoms with E-state index in [1.54, 1.807) is 20.9 Å². The highest BCUT2D eigenvalue weighted by Crippen LogP contribution is 2.05. The molecule has 0 saturated heterocycles. The number of rotatable bonds is 5. The lowest BCUT2D eigenvalue weighted by Gasteiger charge is -2.11. The van der Waals surface area contributed by atoms with Crippen molar-refractivity contribution in [2.24, 2.45) is 5.92 Å². The summed E-state index contributed by atoms with van der Waals surface area (Å²) >= 11 is 0. The molecule has 3 heteroatoms. The molecule has 0 aliphatic heterocycles. The Labute approximate surface area is 73.5 Å². The largest absolute Gasteiger partial charge is 0.311 e. The molecule has 0 aromatic rings. The maximum absolute atomic E-state index is 11.3. The first-order chi connectivity index (χ1) is 5.49. The van der Waals surface area contributed by atoms with Crippen molar-refractivity contribution in [1.29, 1.82) is 0 Å². The van der Waals surface area contributed by atoms with E-state index >= 15 is 0 Å². The van der Waals surface area contributed by atoms with Crippen LogP contribution in [0.1, 0.15) is 27.2 Å². The fraction of sp³-hybridized carbons (Fsp3) is 0.778. The van der Waals surface area contributed by atoms with Gasteiger partial charge in [-0.25, -0.2) is 0 Å². The minimum absolute atomic E-state index is 0.0756. The highest BCUT2D eigenvalue weighted by molar-refractivity contribution is 5.89. The molecule has 0 aliphatic rings. The molecule has 0 saturated carbocycles. The molecule has 0 rings (SSSR count). The number of hydrogen-bond donors (Lipinski definition) is 1. The van der Waals surface area contributed by atoms with Gasteiger partial charge in [-0.3, -0.25) is 9.59 Å². The zero-order valence-electron chi connectivity index (χ0n) is 8.18. The first-order valence-electron chi connectivity index (χ1n) is 4.19. The first kappa shape index (κ1) is 11.3. The highest BCUT2D eigenvalue weighted by Gasteiger charge is 2.16. The zero-order chi connectivity index (χ0) is 9.72. The summed E-state index contributed by atoms with van der Waals surface area (Å²) in [6, 6.07) is -0.146.